The van der Waals surface area contributed by atoms with Gasteiger partial charge in [0.15, 0.2) is 6.61 Å². The van der Waals surface area contributed by atoms with Gasteiger partial charge in [-0.2, -0.15) is 4.72 Å². The summed E-state index contributed by atoms with van der Waals surface area (Å²) in [5.41, 5.74) is 3.10. The molecule has 2 rings (SSSR count). The van der Waals surface area contributed by atoms with Crippen LogP contribution in [0.1, 0.15) is 16.7 Å². The summed E-state index contributed by atoms with van der Waals surface area (Å²) >= 11 is 0. The van der Waals surface area contributed by atoms with Crippen molar-refractivity contribution in [2.24, 2.45) is 0 Å². The van der Waals surface area contributed by atoms with Gasteiger partial charge in [-0.05, 0) is 61.7 Å². The fourth-order valence-corrected chi connectivity index (χ4v) is 3.71. The molecule has 3 N–H and O–H groups in total. The number of sulfonamides is 1. The zero-order chi connectivity index (χ0) is 24.6. The number of ether oxygens (including phenoxy) is 2. The highest BCUT2D eigenvalue weighted by Gasteiger charge is 2.17. The Balaban J connectivity index is 1.75. The molecule has 0 atom stereocenters. The highest BCUT2D eigenvalue weighted by atomic mass is 32.2. The Morgan fingerprint density at radius 1 is 0.909 bits per heavy atom. The van der Waals surface area contributed by atoms with Crippen LogP contribution in [0.4, 0.5) is 5.69 Å². The Hall–Kier alpha value is -3.44. The van der Waals surface area contributed by atoms with Gasteiger partial charge in [-0.1, -0.05) is 12.1 Å². The van der Waals surface area contributed by atoms with Gasteiger partial charge in [0.2, 0.25) is 15.9 Å². The molecule has 0 aliphatic rings. The van der Waals surface area contributed by atoms with Crippen LogP contribution in [0.2, 0.25) is 0 Å². The summed E-state index contributed by atoms with van der Waals surface area (Å²) in [5.74, 6) is -1.68. The second-order valence-corrected chi connectivity index (χ2v) is 9.03. The normalized spacial score (nSPS) is 10.9. The lowest BCUT2D eigenvalue weighted by molar-refractivity contribution is -0.147. The van der Waals surface area contributed by atoms with E-state index in [1.807, 2.05) is 19.9 Å². The van der Waals surface area contributed by atoms with Gasteiger partial charge < -0.3 is 20.1 Å². The number of anilines is 1. The van der Waals surface area contributed by atoms with E-state index >= 15 is 0 Å². The molecule has 0 unspecified atom stereocenters. The maximum absolute atomic E-state index is 12.3. The summed E-state index contributed by atoms with van der Waals surface area (Å²) in [6.45, 7) is 3.82. The number of carbonyl (C=O) groups excluding carboxylic acids is 3. The molecule has 178 valence electrons. The maximum Gasteiger partial charge on any atom is 0.321 e. The second-order valence-electron chi connectivity index (χ2n) is 7.26. The molecule has 0 aliphatic heterocycles. The largest absolute Gasteiger partial charge is 0.495 e. The summed E-state index contributed by atoms with van der Waals surface area (Å²) < 4.78 is 36.6. The van der Waals surface area contributed by atoms with Gasteiger partial charge in [0.05, 0.1) is 24.2 Å². The molecule has 33 heavy (non-hydrogen) atoms. The summed E-state index contributed by atoms with van der Waals surface area (Å²) in [6.07, 6.45) is 0. The number of benzene rings is 2. The van der Waals surface area contributed by atoms with E-state index in [4.69, 9.17) is 9.47 Å². The highest BCUT2D eigenvalue weighted by Crippen LogP contribution is 2.24. The fourth-order valence-electron chi connectivity index (χ4n) is 2.66. The zero-order valence-corrected chi connectivity index (χ0v) is 19.7. The number of nitrogens with one attached hydrogen (secondary N) is 3. The Kier molecular flexibility index (Phi) is 8.94. The fraction of sp³-hybridized carbons (Fsp3) is 0.318. The van der Waals surface area contributed by atoms with Crippen LogP contribution >= 0.6 is 0 Å². The van der Waals surface area contributed by atoms with E-state index in [2.05, 4.69) is 15.4 Å². The number of carbonyl (C=O) groups is 3. The lowest BCUT2D eigenvalue weighted by Crippen LogP contribution is -2.37. The molecule has 0 saturated carbocycles. The number of methoxy groups -OCH3 is 1. The van der Waals surface area contributed by atoms with E-state index < -0.39 is 41.0 Å². The molecule has 2 amide bonds. The van der Waals surface area contributed by atoms with Crippen molar-refractivity contribution < 1.29 is 32.3 Å². The number of amides is 2. The number of esters is 1. The quantitative estimate of drug-likeness (QED) is 0.437. The monoisotopic (exact) mass is 477 g/mol. The van der Waals surface area contributed by atoms with Gasteiger partial charge in [-0.15, -0.1) is 0 Å². The number of rotatable bonds is 10. The molecular weight excluding hydrogens is 450 g/mol. The van der Waals surface area contributed by atoms with Crippen LogP contribution < -0.4 is 20.1 Å². The highest BCUT2D eigenvalue weighted by molar-refractivity contribution is 7.89. The summed E-state index contributed by atoms with van der Waals surface area (Å²) in [7, 11) is -2.44. The average molecular weight is 478 g/mol. The maximum atomic E-state index is 12.3. The van der Waals surface area contributed by atoms with Crippen LogP contribution in [-0.2, 0) is 29.1 Å². The van der Waals surface area contributed by atoms with E-state index in [0.29, 0.717) is 11.4 Å². The van der Waals surface area contributed by atoms with Crippen molar-refractivity contribution >= 4 is 33.5 Å². The van der Waals surface area contributed by atoms with Gasteiger partial charge in [0.1, 0.15) is 12.3 Å². The predicted molar refractivity (Wildman–Crippen MR) is 121 cm³/mol. The lowest BCUT2D eigenvalue weighted by Gasteiger charge is -2.12. The first-order chi connectivity index (χ1) is 15.5. The first-order valence-corrected chi connectivity index (χ1v) is 11.4. The molecule has 0 bridgehead atoms. The van der Waals surface area contributed by atoms with Gasteiger partial charge in [-0.25, -0.2) is 8.42 Å². The van der Waals surface area contributed by atoms with Gasteiger partial charge in [-0.3, -0.25) is 14.4 Å². The minimum atomic E-state index is -3.91. The van der Waals surface area contributed by atoms with Crippen molar-refractivity contribution in [3.8, 4) is 5.75 Å². The minimum Gasteiger partial charge on any atom is -0.495 e. The van der Waals surface area contributed by atoms with E-state index in [0.717, 1.165) is 16.7 Å². The smallest absolute Gasteiger partial charge is 0.321 e. The second kappa shape index (κ2) is 11.4. The Labute approximate surface area is 192 Å². The van der Waals surface area contributed by atoms with E-state index in [1.165, 1.54) is 19.2 Å². The topological polar surface area (TPSA) is 140 Å². The molecule has 0 spiro atoms. The predicted octanol–water partition coefficient (Wildman–Crippen LogP) is 1.20. The molecule has 10 nitrogen and oxygen atoms in total. The third-order valence-corrected chi connectivity index (χ3v) is 6.03. The first-order valence-electron chi connectivity index (χ1n) is 9.95. The average Bonchev–Trinajstić information content (AvgIpc) is 2.76. The number of hydrogen-bond donors (Lipinski definition) is 3. The molecule has 0 aromatic heterocycles. The van der Waals surface area contributed by atoms with Crippen LogP contribution in [0.15, 0.2) is 41.3 Å². The lowest BCUT2D eigenvalue weighted by atomic mass is 10.1. The van der Waals surface area contributed by atoms with E-state index in [9.17, 15) is 22.8 Å². The van der Waals surface area contributed by atoms with Crippen LogP contribution in [0.5, 0.6) is 5.75 Å². The van der Waals surface area contributed by atoms with Crippen LogP contribution in [0, 0.1) is 20.8 Å². The van der Waals surface area contributed by atoms with Gasteiger partial charge in [0.25, 0.3) is 5.91 Å². The standard InChI is InChI=1S/C22H27N3O7S/c1-14-5-8-19(31-4)18(9-14)25-20(26)11-23-21(27)13-32-22(28)12-24-33(29,30)17-7-6-15(2)16(3)10-17/h5-10,24H,11-13H2,1-4H3,(H,23,27)(H,25,26). The third kappa shape index (κ3) is 7.88. The summed E-state index contributed by atoms with van der Waals surface area (Å²) in [5, 5.41) is 4.93. The molecule has 0 aliphatic carbocycles. The number of aryl methyl sites for hydroxylation is 3. The van der Waals surface area contributed by atoms with Crippen molar-refractivity contribution in [2.75, 3.05) is 32.1 Å². The first kappa shape index (κ1) is 25.8. The minimum absolute atomic E-state index is 0.0207. The van der Waals surface area contributed by atoms with Crippen molar-refractivity contribution in [2.45, 2.75) is 25.7 Å². The summed E-state index contributed by atoms with van der Waals surface area (Å²) in [6, 6.07) is 9.84. The molecule has 0 saturated heterocycles. The van der Waals surface area contributed by atoms with Crippen molar-refractivity contribution in [3.63, 3.8) is 0 Å². The van der Waals surface area contributed by atoms with Crippen LogP contribution in [0.3, 0.4) is 0 Å². The van der Waals surface area contributed by atoms with Gasteiger partial charge in [0, 0.05) is 0 Å². The van der Waals surface area contributed by atoms with Crippen molar-refractivity contribution in [1.29, 1.82) is 0 Å². The molecule has 2 aromatic rings. The van der Waals surface area contributed by atoms with Crippen LogP contribution in [0.25, 0.3) is 0 Å². The number of hydrogen-bond acceptors (Lipinski definition) is 7. The molecular formula is C22H27N3O7S. The molecule has 11 heteroatoms. The zero-order valence-electron chi connectivity index (χ0n) is 18.9. The SMILES string of the molecule is COc1ccc(C)cc1NC(=O)CNC(=O)COC(=O)CNS(=O)(=O)c1ccc(C)c(C)c1. The Bertz CT molecular complexity index is 1150. The van der Waals surface area contributed by atoms with Gasteiger partial charge >= 0.3 is 5.97 Å². The third-order valence-electron chi connectivity index (χ3n) is 4.63. The van der Waals surface area contributed by atoms with Crippen molar-refractivity contribution in [3.05, 3.63) is 53.1 Å². The summed E-state index contributed by atoms with van der Waals surface area (Å²) in [4.78, 5) is 35.7. The Morgan fingerprint density at radius 2 is 1.64 bits per heavy atom. The molecule has 0 fully saturated rings. The van der Waals surface area contributed by atoms with Crippen LogP contribution in [-0.4, -0.2) is 53.0 Å². The molecule has 0 radical (unpaired) electrons. The van der Waals surface area contributed by atoms with E-state index in [-0.39, 0.29) is 11.4 Å². The van der Waals surface area contributed by atoms with Crippen molar-refractivity contribution in [1.82, 2.24) is 10.0 Å². The molecule has 0 heterocycles. The Morgan fingerprint density at radius 3 is 2.30 bits per heavy atom. The van der Waals surface area contributed by atoms with E-state index in [1.54, 1.807) is 25.1 Å². The molecule has 2 aromatic carbocycles.